The van der Waals surface area contributed by atoms with Gasteiger partial charge in [-0.15, -0.1) is 0 Å². The SMILES string of the molecule is O=C(NCc1cccc(-c2cccc(C3OC(CN4CCN(c5ncccn5)CC4)CC(c4ccc(CO)cc4)O3)c2)c1)c1cnc2ccccc2n1. The van der Waals surface area contributed by atoms with E-state index >= 15 is 0 Å². The number of nitrogens with zero attached hydrogens (tertiary/aromatic N) is 6. The fourth-order valence-corrected chi connectivity index (χ4v) is 6.97. The molecule has 2 aliphatic rings. The predicted molar refractivity (Wildman–Crippen MR) is 202 cm³/mol. The number of carbonyl (C=O) groups excluding carboxylic acids is 1. The minimum atomic E-state index is -0.569. The number of hydrogen-bond acceptors (Lipinski definition) is 10. The Balaban J connectivity index is 0.966. The molecule has 8 rings (SSSR count). The molecule has 0 spiro atoms. The van der Waals surface area contributed by atoms with E-state index < -0.39 is 6.29 Å². The van der Waals surface area contributed by atoms with Crippen LogP contribution >= 0.6 is 0 Å². The summed E-state index contributed by atoms with van der Waals surface area (Å²) in [5.74, 6) is 0.497. The van der Waals surface area contributed by atoms with Crippen LogP contribution in [0.3, 0.4) is 0 Å². The van der Waals surface area contributed by atoms with Gasteiger partial charge in [0.05, 0.1) is 36.0 Å². The van der Waals surface area contributed by atoms with Crippen molar-refractivity contribution in [2.75, 3.05) is 37.6 Å². The van der Waals surface area contributed by atoms with Gasteiger partial charge < -0.3 is 24.8 Å². The molecule has 0 saturated carbocycles. The number of nitrogens with one attached hydrogen (secondary N) is 1. The van der Waals surface area contributed by atoms with Gasteiger partial charge >= 0.3 is 0 Å². The normalized spacial score (nSPS) is 19.3. The zero-order chi connectivity index (χ0) is 36.0. The zero-order valence-corrected chi connectivity index (χ0v) is 29.3. The van der Waals surface area contributed by atoms with Gasteiger partial charge in [-0.3, -0.25) is 14.7 Å². The molecule has 11 nitrogen and oxygen atoms in total. The number of hydrogen-bond donors (Lipinski definition) is 2. The van der Waals surface area contributed by atoms with E-state index in [-0.39, 0.29) is 30.4 Å². The molecule has 11 heteroatoms. The summed E-state index contributed by atoms with van der Waals surface area (Å²) in [5, 5.41) is 12.6. The fourth-order valence-electron chi connectivity index (χ4n) is 6.97. The zero-order valence-electron chi connectivity index (χ0n) is 29.3. The second-order valence-corrected chi connectivity index (χ2v) is 13.4. The quantitative estimate of drug-likeness (QED) is 0.178. The topological polar surface area (TPSA) is 126 Å². The van der Waals surface area contributed by atoms with Crippen molar-refractivity contribution in [2.24, 2.45) is 0 Å². The highest BCUT2D eigenvalue weighted by molar-refractivity contribution is 5.93. The van der Waals surface area contributed by atoms with Gasteiger partial charge in [0.15, 0.2) is 6.29 Å². The lowest BCUT2D eigenvalue weighted by atomic mass is 9.98. The Morgan fingerprint density at radius 1 is 0.755 bits per heavy atom. The van der Waals surface area contributed by atoms with Crippen LogP contribution in [-0.2, 0) is 22.6 Å². The van der Waals surface area contributed by atoms with Crippen molar-refractivity contribution >= 4 is 22.9 Å². The monoisotopic (exact) mass is 707 g/mol. The van der Waals surface area contributed by atoms with E-state index in [1.54, 1.807) is 12.4 Å². The maximum atomic E-state index is 13.0. The number of carbonyl (C=O) groups is 1. The summed E-state index contributed by atoms with van der Waals surface area (Å²) in [7, 11) is 0. The first kappa shape index (κ1) is 34.5. The molecule has 53 heavy (non-hydrogen) atoms. The summed E-state index contributed by atoms with van der Waals surface area (Å²) in [6, 6.07) is 33.8. The molecule has 0 radical (unpaired) electrons. The van der Waals surface area contributed by atoms with Crippen LogP contribution in [0.25, 0.3) is 22.2 Å². The highest BCUT2D eigenvalue weighted by Gasteiger charge is 2.34. The standard InChI is InChI=1S/C42H41N7O4/c50-28-29-12-14-31(15-13-29)39-24-35(27-48-18-20-49(21-19-48)42-43-16-5-17-44-42)52-41(53-39)34-9-4-8-33(23-34)32-7-3-6-30(22-32)25-46-40(51)38-26-45-36-10-1-2-11-37(36)47-38/h1-17,22-23,26,35,39,41,50H,18-21,24-25,27-28H2,(H,46,51). The van der Waals surface area contributed by atoms with Gasteiger partial charge in [-0.05, 0) is 58.1 Å². The van der Waals surface area contributed by atoms with Crippen LogP contribution in [0.1, 0.15) is 51.6 Å². The van der Waals surface area contributed by atoms with Gasteiger partial charge in [0.1, 0.15) is 5.69 Å². The molecule has 4 heterocycles. The van der Waals surface area contributed by atoms with E-state index in [9.17, 15) is 9.90 Å². The number of benzene rings is 4. The second-order valence-electron chi connectivity index (χ2n) is 13.4. The van der Waals surface area contributed by atoms with Crippen molar-refractivity contribution in [3.05, 3.63) is 150 Å². The number of fused-ring (bicyclic) bond motifs is 1. The van der Waals surface area contributed by atoms with Gasteiger partial charge in [0, 0.05) is 63.6 Å². The molecule has 2 saturated heterocycles. The average molecular weight is 708 g/mol. The van der Waals surface area contributed by atoms with E-state index in [0.717, 1.165) is 84.0 Å². The Kier molecular flexibility index (Phi) is 10.4. The molecule has 2 aromatic heterocycles. The summed E-state index contributed by atoms with van der Waals surface area (Å²) in [6.45, 7) is 4.62. The van der Waals surface area contributed by atoms with Gasteiger partial charge in [-0.1, -0.05) is 72.8 Å². The summed E-state index contributed by atoms with van der Waals surface area (Å²) in [6.07, 6.45) is 5.00. The highest BCUT2D eigenvalue weighted by atomic mass is 16.7. The first-order valence-electron chi connectivity index (χ1n) is 18.0. The Labute approximate surface area is 308 Å². The maximum absolute atomic E-state index is 13.0. The van der Waals surface area contributed by atoms with Crippen LogP contribution < -0.4 is 10.2 Å². The first-order chi connectivity index (χ1) is 26.1. The molecular weight excluding hydrogens is 667 g/mol. The average Bonchev–Trinajstić information content (AvgIpc) is 3.23. The Bertz CT molecular complexity index is 2160. The highest BCUT2D eigenvalue weighted by Crippen LogP contribution is 2.39. The van der Waals surface area contributed by atoms with Crippen molar-refractivity contribution in [3.63, 3.8) is 0 Å². The van der Waals surface area contributed by atoms with Crippen molar-refractivity contribution in [2.45, 2.75) is 38.1 Å². The summed E-state index contributed by atoms with van der Waals surface area (Å²) < 4.78 is 13.4. The van der Waals surface area contributed by atoms with Gasteiger partial charge in [-0.2, -0.15) is 0 Å². The largest absolute Gasteiger partial charge is 0.392 e. The van der Waals surface area contributed by atoms with E-state index in [1.807, 2.05) is 72.8 Å². The lowest BCUT2D eigenvalue weighted by Crippen LogP contribution is -2.50. The number of aliphatic hydroxyl groups is 1. The third-order valence-corrected chi connectivity index (χ3v) is 9.84. The number of aromatic nitrogens is 4. The molecule has 0 bridgehead atoms. The number of para-hydroxylation sites is 2. The summed E-state index contributed by atoms with van der Waals surface area (Å²) in [5.41, 5.74) is 7.58. The molecule has 0 aliphatic carbocycles. The third kappa shape index (κ3) is 8.24. The van der Waals surface area contributed by atoms with Crippen molar-refractivity contribution in [3.8, 4) is 11.1 Å². The molecule has 1 amide bonds. The molecule has 4 aromatic carbocycles. The maximum Gasteiger partial charge on any atom is 0.271 e. The van der Waals surface area contributed by atoms with Crippen LogP contribution in [-0.4, -0.2) is 74.7 Å². The van der Waals surface area contributed by atoms with E-state index in [4.69, 9.17) is 9.47 Å². The van der Waals surface area contributed by atoms with Crippen molar-refractivity contribution in [1.82, 2.24) is 30.2 Å². The first-order valence-corrected chi connectivity index (χ1v) is 18.0. The molecule has 268 valence electrons. The van der Waals surface area contributed by atoms with Crippen LogP contribution in [0.5, 0.6) is 0 Å². The molecule has 3 atom stereocenters. The summed E-state index contributed by atoms with van der Waals surface area (Å²) in [4.78, 5) is 35.3. The van der Waals surface area contributed by atoms with E-state index in [0.29, 0.717) is 12.1 Å². The third-order valence-electron chi connectivity index (χ3n) is 9.84. The lowest BCUT2D eigenvalue weighted by molar-refractivity contribution is -0.253. The number of aliphatic hydroxyl groups excluding tert-OH is 1. The Morgan fingerprint density at radius 3 is 2.30 bits per heavy atom. The molecule has 6 aromatic rings. The molecule has 3 unspecified atom stereocenters. The van der Waals surface area contributed by atoms with Crippen LogP contribution in [0.4, 0.5) is 5.95 Å². The number of rotatable bonds is 10. The second kappa shape index (κ2) is 16.0. The number of piperazine rings is 1. The van der Waals surface area contributed by atoms with Crippen LogP contribution in [0.2, 0.25) is 0 Å². The van der Waals surface area contributed by atoms with Crippen molar-refractivity contribution in [1.29, 1.82) is 0 Å². The minimum Gasteiger partial charge on any atom is -0.392 e. The fraction of sp³-hybridized carbons (Fsp3) is 0.262. The predicted octanol–water partition coefficient (Wildman–Crippen LogP) is 5.88. The van der Waals surface area contributed by atoms with Gasteiger partial charge in [-0.25, -0.2) is 15.0 Å². The Morgan fingerprint density at radius 2 is 1.51 bits per heavy atom. The van der Waals surface area contributed by atoms with Crippen LogP contribution in [0, 0.1) is 0 Å². The molecular formula is C42H41N7O4. The van der Waals surface area contributed by atoms with Gasteiger partial charge in [0.2, 0.25) is 5.95 Å². The van der Waals surface area contributed by atoms with E-state index in [1.165, 1.54) is 6.20 Å². The van der Waals surface area contributed by atoms with E-state index in [2.05, 4.69) is 65.4 Å². The molecule has 2 fully saturated rings. The van der Waals surface area contributed by atoms with Crippen LogP contribution in [0.15, 0.2) is 122 Å². The molecule has 2 aliphatic heterocycles. The number of ether oxygens (including phenoxy) is 2. The lowest BCUT2D eigenvalue weighted by Gasteiger charge is -2.40. The molecule has 2 N–H and O–H groups in total. The number of anilines is 1. The van der Waals surface area contributed by atoms with Gasteiger partial charge in [0.25, 0.3) is 5.91 Å². The van der Waals surface area contributed by atoms with Crippen molar-refractivity contribution < 1.29 is 19.4 Å². The smallest absolute Gasteiger partial charge is 0.271 e. The summed E-state index contributed by atoms with van der Waals surface area (Å²) >= 11 is 0. The minimum absolute atomic E-state index is 0.000333. The Hall–Kier alpha value is -5.59. The number of amides is 1.